The molecule has 0 atom stereocenters. The largest absolute Gasteiger partial charge is 0.385 e. The predicted octanol–water partition coefficient (Wildman–Crippen LogP) is 5.64. The number of ether oxygens (including phenoxy) is 1. The van der Waals surface area contributed by atoms with Gasteiger partial charge in [0.1, 0.15) is 10.8 Å². The lowest BCUT2D eigenvalue weighted by atomic mass is 10.2. The molecule has 2 aromatic heterocycles. The third kappa shape index (κ3) is 5.15. The Balaban J connectivity index is 1.60. The minimum atomic E-state index is -0.273. The van der Waals surface area contributed by atoms with Gasteiger partial charge >= 0.3 is 0 Å². The Labute approximate surface area is 191 Å². The molecule has 2 aromatic carbocycles. The Morgan fingerprint density at radius 2 is 2.00 bits per heavy atom. The molecule has 0 saturated heterocycles. The van der Waals surface area contributed by atoms with Gasteiger partial charge in [0.2, 0.25) is 0 Å². The molecule has 0 amide bonds. The minimum Gasteiger partial charge on any atom is -0.385 e. The van der Waals surface area contributed by atoms with Crippen molar-refractivity contribution in [2.24, 2.45) is 0 Å². The molecule has 0 spiro atoms. The fraction of sp³-hybridized carbons (Fsp3) is 0.227. The number of hydrogen-bond donors (Lipinski definition) is 0. The standard InChI is InChI=1S/C22H19ClFN3O2S2/c1-29-10-2-9-27-21(28)18-8-5-15(23)11-19(18)26-22(27)31-13-17-12-30-20(25-17)14-3-6-16(24)7-4-14/h3-8,11-12H,2,9-10,13H2,1H3. The van der Waals surface area contributed by atoms with Gasteiger partial charge in [-0.2, -0.15) is 0 Å². The van der Waals surface area contributed by atoms with Crippen LogP contribution < -0.4 is 5.56 Å². The summed E-state index contributed by atoms with van der Waals surface area (Å²) in [6, 6.07) is 11.4. The van der Waals surface area contributed by atoms with Crippen molar-refractivity contribution in [3.05, 3.63) is 74.7 Å². The molecule has 0 aliphatic heterocycles. The van der Waals surface area contributed by atoms with Crippen molar-refractivity contribution < 1.29 is 9.13 Å². The summed E-state index contributed by atoms with van der Waals surface area (Å²) in [5.74, 6) is 0.283. The van der Waals surface area contributed by atoms with Crippen LogP contribution in [0.2, 0.25) is 5.02 Å². The number of benzene rings is 2. The first-order chi connectivity index (χ1) is 15.0. The molecule has 0 N–H and O–H groups in total. The van der Waals surface area contributed by atoms with Crippen LogP contribution in [0.15, 0.2) is 57.8 Å². The summed E-state index contributed by atoms with van der Waals surface area (Å²) in [7, 11) is 1.64. The van der Waals surface area contributed by atoms with Crippen molar-refractivity contribution in [3.63, 3.8) is 0 Å². The fourth-order valence-corrected chi connectivity index (χ4v) is 5.10. The molecule has 0 fully saturated rings. The molecule has 31 heavy (non-hydrogen) atoms. The van der Waals surface area contributed by atoms with E-state index in [1.54, 1.807) is 42.0 Å². The van der Waals surface area contributed by atoms with Crippen LogP contribution in [0.5, 0.6) is 0 Å². The number of thiazole rings is 1. The number of methoxy groups -OCH3 is 1. The minimum absolute atomic E-state index is 0.0921. The summed E-state index contributed by atoms with van der Waals surface area (Å²) in [6.45, 7) is 1.07. The maximum Gasteiger partial charge on any atom is 0.262 e. The maximum atomic E-state index is 13.2. The van der Waals surface area contributed by atoms with Crippen LogP contribution in [-0.4, -0.2) is 28.3 Å². The van der Waals surface area contributed by atoms with E-state index in [1.165, 1.54) is 35.2 Å². The molecule has 160 valence electrons. The Hall–Kier alpha value is -2.26. The molecule has 4 aromatic rings. The topological polar surface area (TPSA) is 57.0 Å². The molecule has 0 unspecified atom stereocenters. The zero-order chi connectivity index (χ0) is 21.8. The van der Waals surface area contributed by atoms with E-state index < -0.39 is 0 Å². The summed E-state index contributed by atoms with van der Waals surface area (Å²) in [4.78, 5) is 22.4. The Kier molecular flexibility index (Phi) is 7.02. The van der Waals surface area contributed by atoms with Gasteiger partial charge in [0.15, 0.2) is 5.16 Å². The van der Waals surface area contributed by atoms with E-state index in [0.29, 0.717) is 46.4 Å². The second-order valence-corrected chi connectivity index (χ2v) is 9.04. The number of nitrogens with zero attached hydrogens (tertiary/aromatic N) is 3. The van der Waals surface area contributed by atoms with Crippen molar-refractivity contribution >= 4 is 45.6 Å². The van der Waals surface area contributed by atoms with E-state index in [-0.39, 0.29) is 11.4 Å². The molecule has 2 heterocycles. The Bertz CT molecular complexity index is 1260. The molecule has 0 aliphatic rings. The number of rotatable bonds is 8. The molecule has 9 heteroatoms. The van der Waals surface area contributed by atoms with E-state index >= 15 is 0 Å². The lowest BCUT2D eigenvalue weighted by Crippen LogP contribution is -2.24. The Morgan fingerprint density at radius 3 is 2.77 bits per heavy atom. The van der Waals surface area contributed by atoms with Crippen LogP contribution >= 0.6 is 34.7 Å². The zero-order valence-corrected chi connectivity index (χ0v) is 19.1. The van der Waals surface area contributed by atoms with Gasteiger partial charge in [-0.25, -0.2) is 14.4 Å². The average Bonchev–Trinajstić information content (AvgIpc) is 3.23. The molecule has 4 rings (SSSR count). The summed E-state index contributed by atoms with van der Waals surface area (Å²) < 4.78 is 20.0. The average molecular weight is 476 g/mol. The number of hydrogen-bond acceptors (Lipinski definition) is 6. The third-order valence-electron chi connectivity index (χ3n) is 4.60. The molecular weight excluding hydrogens is 457 g/mol. The molecule has 5 nitrogen and oxygen atoms in total. The molecule has 0 radical (unpaired) electrons. The van der Waals surface area contributed by atoms with Gasteiger partial charge in [0.25, 0.3) is 5.56 Å². The highest BCUT2D eigenvalue weighted by atomic mass is 35.5. The van der Waals surface area contributed by atoms with Gasteiger partial charge in [-0.05, 0) is 48.9 Å². The second-order valence-electron chi connectivity index (χ2n) is 6.80. The van der Waals surface area contributed by atoms with Crippen LogP contribution in [-0.2, 0) is 17.0 Å². The molecule has 0 bridgehead atoms. The summed E-state index contributed by atoms with van der Waals surface area (Å²) in [5.41, 5.74) is 2.23. The number of fused-ring (bicyclic) bond motifs is 1. The van der Waals surface area contributed by atoms with Gasteiger partial charge < -0.3 is 4.74 Å². The Morgan fingerprint density at radius 1 is 1.19 bits per heavy atom. The predicted molar refractivity (Wildman–Crippen MR) is 125 cm³/mol. The highest BCUT2D eigenvalue weighted by Gasteiger charge is 2.13. The van der Waals surface area contributed by atoms with Crippen molar-refractivity contribution in [2.45, 2.75) is 23.9 Å². The van der Waals surface area contributed by atoms with E-state index in [4.69, 9.17) is 21.3 Å². The summed E-state index contributed by atoms with van der Waals surface area (Å²) >= 11 is 9.06. The van der Waals surface area contributed by atoms with Crippen molar-refractivity contribution in [3.8, 4) is 10.6 Å². The number of halogens is 2. The van der Waals surface area contributed by atoms with Gasteiger partial charge in [0, 0.05) is 42.0 Å². The first kappa shape index (κ1) is 22.0. The van der Waals surface area contributed by atoms with Crippen molar-refractivity contribution in [1.29, 1.82) is 0 Å². The molecule has 0 aliphatic carbocycles. The van der Waals surface area contributed by atoms with Crippen LogP contribution in [0, 0.1) is 5.82 Å². The second kappa shape index (κ2) is 9.91. The first-order valence-corrected chi connectivity index (χ1v) is 11.8. The zero-order valence-electron chi connectivity index (χ0n) is 16.7. The van der Waals surface area contributed by atoms with Crippen LogP contribution in [0.1, 0.15) is 12.1 Å². The van der Waals surface area contributed by atoms with Gasteiger partial charge in [-0.3, -0.25) is 9.36 Å². The molecule has 0 saturated carbocycles. The molecular formula is C22H19ClFN3O2S2. The fourth-order valence-electron chi connectivity index (χ4n) is 3.09. The van der Waals surface area contributed by atoms with Crippen LogP contribution in [0.4, 0.5) is 4.39 Å². The summed E-state index contributed by atoms with van der Waals surface area (Å²) in [5, 5.41) is 4.49. The highest BCUT2D eigenvalue weighted by molar-refractivity contribution is 7.98. The van der Waals surface area contributed by atoms with Crippen LogP contribution in [0.25, 0.3) is 21.5 Å². The van der Waals surface area contributed by atoms with Gasteiger partial charge in [-0.15, -0.1) is 11.3 Å². The smallest absolute Gasteiger partial charge is 0.262 e. The van der Waals surface area contributed by atoms with Crippen molar-refractivity contribution in [2.75, 3.05) is 13.7 Å². The van der Waals surface area contributed by atoms with Gasteiger partial charge in [0.05, 0.1) is 16.6 Å². The lowest BCUT2D eigenvalue weighted by Gasteiger charge is -2.12. The maximum absolute atomic E-state index is 13.2. The number of aromatic nitrogens is 3. The van der Waals surface area contributed by atoms with Crippen molar-refractivity contribution in [1.82, 2.24) is 14.5 Å². The SMILES string of the molecule is COCCCn1c(SCc2csc(-c3ccc(F)cc3)n2)nc2cc(Cl)ccc2c1=O. The van der Waals surface area contributed by atoms with E-state index in [9.17, 15) is 9.18 Å². The first-order valence-electron chi connectivity index (χ1n) is 9.57. The lowest BCUT2D eigenvalue weighted by molar-refractivity contribution is 0.189. The third-order valence-corrected chi connectivity index (χ3v) is 6.79. The van der Waals surface area contributed by atoms with Gasteiger partial charge in [-0.1, -0.05) is 23.4 Å². The van der Waals surface area contributed by atoms with E-state index in [2.05, 4.69) is 4.98 Å². The monoisotopic (exact) mass is 475 g/mol. The van der Waals surface area contributed by atoms with E-state index in [0.717, 1.165) is 16.3 Å². The highest BCUT2D eigenvalue weighted by Crippen LogP contribution is 2.28. The van der Waals surface area contributed by atoms with Crippen LogP contribution in [0.3, 0.4) is 0 Å². The quantitative estimate of drug-likeness (QED) is 0.187. The van der Waals surface area contributed by atoms with E-state index in [1.807, 2.05) is 5.38 Å². The summed E-state index contributed by atoms with van der Waals surface area (Å²) in [6.07, 6.45) is 0.705. The normalized spacial score (nSPS) is 11.3. The number of thioether (sulfide) groups is 1.